The number of hydrogen-bond acceptors (Lipinski definition) is 5. The van der Waals surface area contributed by atoms with Gasteiger partial charge in [-0.15, -0.1) is 11.3 Å². The molecule has 28 heavy (non-hydrogen) atoms. The van der Waals surface area contributed by atoms with Gasteiger partial charge in [0.2, 0.25) is 0 Å². The summed E-state index contributed by atoms with van der Waals surface area (Å²) in [5.41, 5.74) is 6.45. The van der Waals surface area contributed by atoms with E-state index in [1.807, 2.05) is 5.38 Å². The third-order valence-electron chi connectivity index (χ3n) is 3.60. The summed E-state index contributed by atoms with van der Waals surface area (Å²) >= 11 is 1.34. The van der Waals surface area contributed by atoms with Gasteiger partial charge in [0.25, 0.3) is 17.7 Å². The number of carbonyl (C=O) groups is 3. The number of nitrogens with one attached hydrogen (secondary N) is 2. The number of anilines is 2. The van der Waals surface area contributed by atoms with Crippen LogP contribution in [0.25, 0.3) is 0 Å². The summed E-state index contributed by atoms with van der Waals surface area (Å²) in [5.74, 6) is -0.754. The maximum atomic E-state index is 12.5. The Morgan fingerprint density at radius 2 is 1.61 bits per heavy atom. The van der Waals surface area contributed by atoms with E-state index in [2.05, 4.69) is 10.6 Å². The molecule has 1 heterocycles. The molecule has 0 aliphatic heterocycles. The molecule has 0 spiro atoms. The van der Waals surface area contributed by atoms with Crippen molar-refractivity contribution in [2.45, 2.75) is 0 Å². The minimum absolute atomic E-state index is 0.230. The number of nitrogens with two attached hydrogens (primary N) is 1. The highest BCUT2D eigenvalue weighted by atomic mass is 32.1. The molecule has 1 aromatic heterocycles. The molecule has 7 nitrogen and oxygen atoms in total. The van der Waals surface area contributed by atoms with E-state index in [1.165, 1.54) is 11.3 Å². The van der Waals surface area contributed by atoms with Crippen LogP contribution < -0.4 is 21.1 Å². The van der Waals surface area contributed by atoms with Crippen LogP contribution in [0.2, 0.25) is 0 Å². The highest BCUT2D eigenvalue weighted by Crippen LogP contribution is 2.19. The van der Waals surface area contributed by atoms with Gasteiger partial charge in [-0.25, -0.2) is 0 Å². The van der Waals surface area contributed by atoms with Gasteiger partial charge in [-0.3, -0.25) is 14.4 Å². The molecule has 0 bridgehead atoms. The summed E-state index contributed by atoms with van der Waals surface area (Å²) < 4.78 is 5.22. The average molecular weight is 395 g/mol. The monoisotopic (exact) mass is 395 g/mol. The lowest BCUT2D eigenvalue weighted by Crippen LogP contribution is -2.20. The summed E-state index contributed by atoms with van der Waals surface area (Å²) in [4.78, 5) is 36.1. The normalized spacial score (nSPS) is 10.1. The zero-order chi connectivity index (χ0) is 19.9. The van der Waals surface area contributed by atoms with E-state index in [4.69, 9.17) is 10.5 Å². The van der Waals surface area contributed by atoms with Crippen molar-refractivity contribution in [1.29, 1.82) is 0 Å². The summed E-state index contributed by atoms with van der Waals surface area (Å²) in [6, 6.07) is 16.8. The first-order valence-electron chi connectivity index (χ1n) is 8.29. The van der Waals surface area contributed by atoms with Crippen LogP contribution in [0.15, 0.2) is 66.0 Å². The molecular weight excluding hydrogens is 378 g/mol. The predicted molar refractivity (Wildman–Crippen MR) is 108 cm³/mol. The van der Waals surface area contributed by atoms with Crippen LogP contribution in [0.3, 0.4) is 0 Å². The van der Waals surface area contributed by atoms with Gasteiger partial charge < -0.3 is 21.1 Å². The van der Waals surface area contributed by atoms with Crippen molar-refractivity contribution in [1.82, 2.24) is 0 Å². The zero-order valence-corrected chi connectivity index (χ0v) is 15.5. The van der Waals surface area contributed by atoms with Crippen LogP contribution in [0.1, 0.15) is 20.0 Å². The highest BCUT2D eigenvalue weighted by molar-refractivity contribution is 7.12. The van der Waals surface area contributed by atoms with Crippen LogP contribution in [0.4, 0.5) is 11.4 Å². The second-order valence-corrected chi connectivity index (χ2v) is 6.70. The molecule has 0 unspecified atom stereocenters. The molecule has 0 aliphatic rings. The molecule has 0 saturated carbocycles. The molecule has 142 valence electrons. The Hall–Kier alpha value is -3.65. The fourth-order valence-corrected chi connectivity index (χ4v) is 2.98. The van der Waals surface area contributed by atoms with E-state index < -0.39 is 5.91 Å². The van der Waals surface area contributed by atoms with Crippen molar-refractivity contribution in [2.75, 3.05) is 17.2 Å². The van der Waals surface area contributed by atoms with Gasteiger partial charge in [-0.1, -0.05) is 18.2 Å². The predicted octanol–water partition coefficient (Wildman–Crippen LogP) is 3.12. The number of primary amides is 1. The molecule has 0 aliphatic carbocycles. The van der Waals surface area contributed by atoms with Crippen LogP contribution in [-0.4, -0.2) is 24.3 Å². The lowest BCUT2D eigenvalue weighted by atomic mass is 10.1. The molecule has 3 rings (SSSR count). The number of carbonyl (C=O) groups excluding carboxylic acids is 3. The smallest absolute Gasteiger partial charge is 0.265 e. The lowest BCUT2D eigenvalue weighted by Gasteiger charge is -2.09. The SMILES string of the molecule is NC(=O)COc1cccc(NC(=O)c2cccc(NC(=O)c3cccs3)c2)c1. The molecule has 3 aromatic rings. The third-order valence-corrected chi connectivity index (χ3v) is 4.47. The standard InChI is InChI=1S/C20H17N3O4S/c21-18(24)12-27-16-7-2-6-15(11-16)22-19(25)13-4-1-5-14(10-13)23-20(26)17-8-3-9-28-17/h1-11H,12H2,(H2,21,24)(H,22,25)(H,23,26). The minimum Gasteiger partial charge on any atom is -0.484 e. The minimum atomic E-state index is -0.587. The molecule has 2 aromatic carbocycles. The maximum absolute atomic E-state index is 12.5. The van der Waals surface area contributed by atoms with E-state index in [-0.39, 0.29) is 18.4 Å². The Morgan fingerprint density at radius 3 is 2.32 bits per heavy atom. The molecule has 0 radical (unpaired) electrons. The molecule has 0 fully saturated rings. The van der Waals surface area contributed by atoms with Gasteiger partial charge >= 0.3 is 0 Å². The quantitative estimate of drug-likeness (QED) is 0.571. The van der Waals surface area contributed by atoms with Crippen LogP contribution in [-0.2, 0) is 4.79 Å². The molecule has 3 amide bonds. The Balaban J connectivity index is 1.67. The second kappa shape index (κ2) is 8.83. The summed E-state index contributed by atoms with van der Waals surface area (Å²) in [7, 11) is 0. The number of thiophene rings is 1. The molecular formula is C20H17N3O4S. The van der Waals surface area contributed by atoms with Crippen molar-refractivity contribution in [2.24, 2.45) is 5.73 Å². The number of hydrogen-bond donors (Lipinski definition) is 3. The third kappa shape index (κ3) is 5.18. The fourth-order valence-electron chi connectivity index (χ4n) is 2.36. The van der Waals surface area contributed by atoms with Crippen molar-refractivity contribution in [3.8, 4) is 5.75 Å². The van der Waals surface area contributed by atoms with Crippen LogP contribution in [0, 0.1) is 0 Å². The molecule has 8 heteroatoms. The van der Waals surface area contributed by atoms with E-state index >= 15 is 0 Å². The van der Waals surface area contributed by atoms with Gasteiger partial charge in [0.15, 0.2) is 6.61 Å². The van der Waals surface area contributed by atoms with E-state index in [9.17, 15) is 14.4 Å². The number of amides is 3. The van der Waals surface area contributed by atoms with Crippen molar-refractivity contribution >= 4 is 40.4 Å². The average Bonchev–Trinajstić information content (AvgIpc) is 3.22. The van der Waals surface area contributed by atoms with Crippen molar-refractivity contribution in [3.63, 3.8) is 0 Å². The number of ether oxygens (including phenoxy) is 1. The summed E-state index contributed by atoms with van der Waals surface area (Å²) in [5, 5.41) is 7.34. The van der Waals surface area contributed by atoms with Gasteiger partial charge in [-0.05, 0) is 41.8 Å². The van der Waals surface area contributed by atoms with E-state index in [0.29, 0.717) is 27.6 Å². The Bertz CT molecular complexity index is 1000. The zero-order valence-electron chi connectivity index (χ0n) is 14.7. The summed E-state index contributed by atoms with van der Waals surface area (Å²) in [6.45, 7) is -0.247. The Kier molecular flexibility index (Phi) is 6.03. The van der Waals surface area contributed by atoms with E-state index in [1.54, 1.807) is 60.7 Å². The van der Waals surface area contributed by atoms with Gasteiger partial charge in [-0.2, -0.15) is 0 Å². The summed E-state index contributed by atoms with van der Waals surface area (Å²) in [6.07, 6.45) is 0. The van der Waals surface area contributed by atoms with Crippen LogP contribution >= 0.6 is 11.3 Å². The number of benzene rings is 2. The first kappa shape index (κ1) is 19.1. The largest absolute Gasteiger partial charge is 0.484 e. The van der Waals surface area contributed by atoms with E-state index in [0.717, 1.165) is 0 Å². The lowest BCUT2D eigenvalue weighted by molar-refractivity contribution is -0.119. The molecule has 4 N–H and O–H groups in total. The van der Waals surface area contributed by atoms with Crippen molar-refractivity contribution < 1.29 is 19.1 Å². The first-order valence-corrected chi connectivity index (χ1v) is 9.16. The van der Waals surface area contributed by atoms with Gasteiger partial charge in [0.1, 0.15) is 5.75 Å². The maximum Gasteiger partial charge on any atom is 0.265 e. The van der Waals surface area contributed by atoms with Gasteiger partial charge in [0, 0.05) is 23.0 Å². The Morgan fingerprint density at radius 1 is 0.893 bits per heavy atom. The van der Waals surface area contributed by atoms with Crippen LogP contribution in [0.5, 0.6) is 5.75 Å². The van der Waals surface area contributed by atoms with Crippen molar-refractivity contribution in [3.05, 3.63) is 76.5 Å². The first-order chi connectivity index (χ1) is 13.5. The Labute approximate surface area is 165 Å². The topological polar surface area (TPSA) is 111 Å². The van der Waals surface area contributed by atoms with Gasteiger partial charge in [0.05, 0.1) is 4.88 Å². The number of rotatable bonds is 7. The molecule has 0 atom stereocenters. The second-order valence-electron chi connectivity index (χ2n) is 5.75. The molecule has 0 saturated heterocycles. The fraction of sp³-hybridized carbons (Fsp3) is 0.0500. The highest BCUT2D eigenvalue weighted by Gasteiger charge is 2.11.